The molecule has 0 bridgehead atoms. The van der Waals surface area contributed by atoms with Crippen molar-refractivity contribution in [1.82, 2.24) is 0 Å². The van der Waals surface area contributed by atoms with E-state index in [0.717, 1.165) is 30.4 Å². The van der Waals surface area contributed by atoms with E-state index in [2.05, 4.69) is 13.8 Å². The molecule has 0 saturated heterocycles. The van der Waals surface area contributed by atoms with Crippen molar-refractivity contribution in [1.29, 1.82) is 0 Å². The summed E-state index contributed by atoms with van der Waals surface area (Å²) in [4.78, 5) is 0. The highest BCUT2D eigenvalue weighted by atomic mass is 16.6. The first-order chi connectivity index (χ1) is 8.50. The standard InChI is InChI=1S/C15H22O3/c1-7(2)9-4-5-10-12-11(9)6-8(3)13(16)14(12)18-15(10)17/h7-9,11,15-17H,4-6H2,1-3H3/t8?,9-,11?,15?/m0/s1. The summed E-state index contributed by atoms with van der Waals surface area (Å²) < 4.78 is 5.50. The van der Waals surface area contributed by atoms with E-state index in [-0.39, 0.29) is 5.92 Å². The van der Waals surface area contributed by atoms with Crippen molar-refractivity contribution in [3.63, 3.8) is 0 Å². The Balaban J connectivity index is 2.09. The van der Waals surface area contributed by atoms with Crippen molar-refractivity contribution in [2.45, 2.75) is 46.3 Å². The van der Waals surface area contributed by atoms with E-state index in [0.29, 0.717) is 29.3 Å². The maximum absolute atomic E-state index is 10.2. The fourth-order valence-corrected chi connectivity index (χ4v) is 3.93. The molecule has 0 spiro atoms. The van der Waals surface area contributed by atoms with Gasteiger partial charge in [0.1, 0.15) is 5.76 Å². The van der Waals surface area contributed by atoms with Gasteiger partial charge in [0, 0.05) is 17.1 Å². The number of hydrogen-bond donors (Lipinski definition) is 2. The Morgan fingerprint density at radius 2 is 2.06 bits per heavy atom. The van der Waals surface area contributed by atoms with E-state index in [9.17, 15) is 10.2 Å². The minimum Gasteiger partial charge on any atom is -0.508 e. The average Bonchev–Trinajstić information content (AvgIpc) is 2.65. The quantitative estimate of drug-likeness (QED) is 0.751. The largest absolute Gasteiger partial charge is 0.508 e. The molecule has 3 rings (SSSR count). The van der Waals surface area contributed by atoms with Crippen molar-refractivity contribution in [2.75, 3.05) is 0 Å². The topological polar surface area (TPSA) is 49.7 Å². The Bertz CT molecular complexity index is 433. The maximum Gasteiger partial charge on any atom is 0.221 e. The summed E-state index contributed by atoms with van der Waals surface area (Å²) in [5, 5.41) is 20.1. The molecule has 0 aromatic rings. The Labute approximate surface area is 108 Å². The molecule has 3 heteroatoms. The summed E-state index contributed by atoms with van der Waals surface area (Å²) in [6.07, 6.45) is 2.19. The zero-order valence-corrected chi connectivity index (χ0v) is 11.3. The van der Waals surface area contributed by atoms with Gasteiger partial charge in [-0.1, -0.05) is 20.8 Å². The molecule has 2 N–H and O–H groups in total. The van der Waals surface area contributed by atoms with E-state index in [1.54, 1.807) is 0 Å². The highest BCUT2D eigenvalue weighted by Gasteiger charge is 2.46. The summed E-state index contributed by atoms with van der Waals surface area (Å²) in [5.74, 6) is 2.79. The molecule has 1 heterocycles. The number of ether oxygens (including phenoxy) is 1. The molecule has 0 aromatic heterocycles. The van der Waals surface area contributed by atoms with Crippen molar-refractivity contribution in [3.8, 4) is 0 Å². The third kappa shape index (κ3) is 1.53. The first-order valence-electron chi connectivity index (χ1n) is 7.01. The van der Waals surface area contributed by atoms with Gasteiger partial charge in [0.25, 0.3) is 0 Å². The van der Waals surface area contributed by atoms with Crippen LogP contribution in [0.5, 0.6) is 0 Å². The van der Waals surface area contributed by atoms with Gasteiger partial charge in [0.2, 0.25) is 6.29 Å². The minimum atomic E-state index is -0.821. The summed E-state index contributed by atoms with van der Waals surface area (Å²) in [6.45, 7) is 6.58. The lowest BCUT2D eigenvalue weighted by Gasteiger charge is -2.39. The molecule has 0 aromatic carbocycles. The highest BCUT2D eigenvalue weighted by molar-refractivity contribution is 5.45. The number of hydrogen-bond acceptors (Lipinski definition) is 3. The fourth-order valence-electron chi connectivity index (χ4n) is 3.93. The van der Waals surface area contributed by atoms with Crippen LogP contribution in [0.15, 0.2) is 22.7 Å². The second kappa shape index (κ2) is 4.02. The lowest BCUT2D eigenvalue weighted by atomic mass is 9.65. The van der Waals surface area contributed by atoms with Gasteiger partial charge in [0.05, 0.1) is 0 Å². The second-order valence-corrected chi connectivity index (χ2v) is 6.31. The molecule has 3 aliphatic rings. The molecular formula is C15H22O3. The maximum atomic E-state index is 10.2. The van der Waals surface area contributed by atoms with Gasteiger partial charge < -0.3 is 14.9 Å². The first-order valence-corrected chi connectivity index (χ1v) is 7.01. The molecule has 18 heavy (non-hydrogen) atoms. The lowest BCUT2D eigenvalue weighted by molar-refractivity contribution is -0.0256. The molecular weight excluding hydrogens is 228 g/mol. The van der Waals surface area contributed by atoms with Crippen LogP contribution >= 0.6 is 0 Å². The Morgan fingerprint density at radius 3 is 2.72 bits per heavy atom. The smallest absolute Gasteiger partial charge is 0.221 e. The summed E-state index contributed by atoms with van der Waals surface area (Å²) in [6, 6.07) is 0. The van der Waals surface area contributed by atoms with Crippen LogP contribution in [0.1, 0.15) is 40.0 Å². The summed E-state index contributed by atoms with van der Waals surface area (Å²) in [7, 11) is 0. The highest BCUT2D eigenvalue weighted by Crippen LogP contribution is 2.53. The number of aliphatic hydroxyl groups excluding tert-OH is 2. The zero-order valence-electron chi connectivity index (χ0n) is 11.3. The van der Waals surface area contributed by atoms with Gasteiger partial charge >= 0.3 is 0 Å². The monoisotopic (exact) mass is 250 g/mol. The van der Waals surface area contributed by atoms with E-state index in [1.165, 1.54) is 0 Å². The van der Waals surface area contributed by atoms with E-state index in [4.69, 9.17) is 4.74 Å². The fraction of sp³-hybridized carbons (Fsp3) is 0.733. The van der Waals surface area contributed by atoms with Gasteiger partial charge in [-0.05, 0) is 37.0 Å². The molecule has 2 aliphatic carbocycles. The number of rotatable bonds is 1. The molecule has 4 atom stereocenters. The predicted octanol–water partition coefficient (Wildman–Crippen LogP) is 3.12. The minimum absolute atomic E-state index is 0.139. The van der Waals surface area contributed by atoms with Gasteiger partial charge in [-0.15, -0.1) is 0 Å². The SMILES string of the molecule is CC1CC2C3=C(CC[C@H]2C(C)C)C(O)OC3=C1O. The van der Waals surface area contributed by atoms with Crippen molar-refractivity contribution in [3.05, 3.63) is 22.7 Å². The zero-order chi connectivity index (χ0) is 13.0. The molecule has 100 valence electrons. The normalized spacial score (nSPS) is 39.2. The van der Waals surface area contributed by atoms with Gasteiger partial charge in [-0.2, -0.15) is 0 Å². The Hall–Kier alpha value is -0.960. The molecule has 3 unspecified atom stereocenters. The Morgan fingerprint density at radius 1 is 1.33 bits per heavy atom. The second-order valence-electron chi connectivity index (χ2n) is 6.31. The van der Waals surface area contributed by atoms with E-state index < -0.39 is 6.29 Å². The lowest BCUT2D eigenvalue weighted by Crippen LogP contribution is -2.31. The Kier molecular flexibility index (Phi) is 2.70. The third-order valence-corrected chi connectivity index (χ3v) is 4.92. The van der Waals surface area contributed by atoms with Crippen LogP contribution in [0, 0.1) is 23.7 Å². The third-order valence-electron chi connectivity index (χ3n) is 4.92. The summed E-state index contributed by atoms with van der Waals surface area (Å²) in [5.41, 5.74) is 2.15. The predicted molar refractivity (Wildman–Crippen MR) is 68.6 cm³/mol. The van der Waals surface area contributed by atoms with Crippen LogP contribution in [-0.2, 0) is 4.74 Å². The first kappa shape index (κ1) is 12.1. The van der Waals surface area contributed by atoms with Crippen LogP contribution in [0.3, 0.4) is 0 Å². The molecule has 0 radical (unpaired) electrons. The van der Waals surface area contributed by atoms with Crippen LogP contribution in [-0.4, -0.2) is 16.5 Å². The van der Waals surface area contributed by atoms with Crippen LogP contribution in [0.25, 0.3) is 0 Å². The van der Waals surface area contributed by atoms with Crippen molar-refractivity contribution >= 4 is 0 Å². The van der Waals surface area contributed by atoms with Crippen molar-refractivity contribution < 1.29 is 14.9 Å². The van der Waals surface area contributed by atoms with E-state index in [1.807, 2.05) is 6.92 Å². The van der Waals surface area contributed by atoms with Crippen LogP contribution in [0.4, 0.5) is 0 Å². The molecule has 1 aliphatic heterocycles. The van der Waals surface area contributed by atoms with Gasteiger partial charge in [-0.25, -0.2) is 0 Å². The molecule has 0 fully saturated rings. The molecule has 0 amide bonds. The number of aliphatic hydroxyl groups is 2. The number of allylic oxidation sites excluding steroid dienone is 2. The molecule has 0 saturated carbocycles. The van der Waals surface area contributed by atoms with E-state index >= 15 is 0 Å². The average molecular weight is 250 g/mol. The van der Waals surface area contributed by atoms with Gasteiger partial charge in [-0.3, -0.25) is 0 Å². The van der Waals surface area contributed by atoms with Crippen molar-refractivity contribution in [2.24, 2.45) is 23.7 Å². The van der Waals surface area contributed by atoms with Gasteiger partial charge in [0.15, 0.2) is 5.76 Å². The van der Waals surface area contributed by atoms with Crippen LogP contribution < -0.4 is 0 Å². The summed E-state index contributed by atoms with van der Waals surface area (Å²) >= 11 is 0. The molecule has 3 nitrogen and oxygen atoms in total. The van der Waals surface area contributed by atoms with Crippen LogP contribution in [0.2, 0.25) is 0 Å².